The van der Waals surface area contributed by atoms with E-state index in [0.717, 1.165) is 25.7 Å². The molecule has 1 aliphatic carbocycles. The predicted molar refractivity (Wildman–Crippen MR) is 75.9 cm³/mol. The third kappa shape index (κ3) is 3.49. The first-order valence-corrected chi connectivity index (χ1v) is 7.58. The number of hydroxylamine groups is 1. The highest BCUT2D eigenvalue weighted by Crippen LogP contribution is 2.23. The fourth-order valence-electron chi connectivity index (χ4n) is 2.47. The van der Waals surface area contributed by atoms with Gasteiger partial charge in [0.15, 0.2) is 0 Å². The topological polar surface area (TPSA) is 90.5 Å². The third-order valence-electron chi connectivity index (χ3n) is 3.51. The lowest BCUT2D eigenvalue weighted by Crippen LogP contribution is -2.42. The largest absolute Gasteiger partial charge is 0.335 e. The van der Waals surface area contributed by atoms with Crippen LogP contribution in [0.1, 0.15) is 53.9 Å². The maximum atomic E-state index is 11.9. The molecule has 4 N–H and O–H groups in total. The normalized spacial score (nSPS) is 16.7. The molecule has 1 heterocycles. The molecule has 0 bridgehead atoms. The zero-order valence-electron chi connectivity index (χ0n) is 11.3. The Kier molecular flexibility index (Phi) is 4.97. The van der Waals surface area contributed by atoms with Gasteiger partial charge in [-0.25, -0.2) is 10.3 Å². The van der Waals surface area contributed by atoms with Crippen LogP contribution in [0.3, 0.4) is 0 Å². The summed E-state index contributed by atoms with van der Waals surface area (Å²) in [5, 5.41) is 16.2. The number of carbonyl (C=O) groups excluding carboxylic acids is 2. The Morgan fingerprint density at radius 3 is 2.75 bits per heavy atom. The van der Waals surface area contributed by atoms with Gasteiger partial charge in [-0.05, 0) is 36.8 Å². The van der Waals surface area contributed by atoms with Crippen molar-refractivity contribution in [3.8, 4) is 0 Å². The van der Waals surface area contributed by atoms with Crippen LogP contribution in [0.25, 0.3) is 0 Å². The monoisotopic (exact) mass is 297 g/mol. The molecule has 3 amide bonds. The van der Waals surface area contributed by atoms with Crippen LogP contribution in [0, 0.1) is 0 Å². The van der Waals surface area contributed by atoms with Gasteiger partial charge in [0.05, 0.1) is 10.9 Å². The maximum Gasteiger partial charge on any atom is 0.315 e. The molecule has 1 fully saturated rings. The Morgan fingerprint density at radius 2 is 2.10 bits per heavy atom. The van der Waals surface area contributed by atoms with Crippen molar-refractivity contribution in [2.45, 2.75) is 44.7 Å². The van der Waals surface area contributed by atoms with Crippen LogP contribution in [-0.2, 0) is 0 Å². The van der Waals surface area contributed by atoms with Gasteiger partial charge in [-0.2, -0.15) is 0 Å². The molecule has 2 rings (SSSR count). The van der Waals surface area contributed by atoms with Gasteiger partial charge in [-0.3, -0.25) is 10.0 Å². The van der Waals surface area contributed by atoms with Crippen molar-refractivity contribution in [2.24, 2.45) is 0 Å². The summed E-state index contributed by atoms with van der Waals surface area (Å²) >= 11 is 1.23. The van der Waals surface area contributed by atoms with Crippen molar-refractivity contribution in [1.29, 1.82) is 0 Å². The fraction of sp³-hybridized carbons (Fsp3) is 0.538. The highest BCUT2D eigenvalue weighted by molar-refractivity contribution is 7.12. The van der Waals surface area contributed by atoms with Crippen molar-refractivity contribution in [3.63, 3.8) is 0 Å². The zero-order chi connectivity index (χ0) is 14.5. The van der Waals surface area contributed by atoms with Gasteiger partial charge in [0.1, 0.15) is 0 Å². The van der Waals surface area contributed by atoms with E-state index in [2.05, 4.69) is 10.6 Å². The quantitative estimate of drug-likeness (QED) is 0.507. The number of amides is 3. The number of hydrogen-bond acceptors (Lipinski definition) is 4. The molecule has 0 aliphatic heterocycles. The number of nitrogens with one attached hydrogen (secondary N) is 3. The highest BCUT2D eigenvalue weighted by Gasteiger charge is 2.21. The van der Waals surface area contributed by atoms with Crippen LogP contribution in [-0.4, -0.2) is 23.2 Å². The SMILES string of the molecule is CC(NC(=O)NC1CCCC1)c1ccsc1C(=O)NO. The molecule has 20 heavy (non-hydrogen) atoms. The molecular weight excluding hydrogens is 278 g/mol. The van der Waals surface area contributed by atoms with E-state index in [1.54, 1.807) is 16.9 Å². The standard InChI is InChI=1S/C13H19N3O3S/c1-8(10-6-7-20-11(10)12(17)16-19)14-13(18)15-9-4-2-3-5-9/h6-9,19H,2-5H2,1H3,(H,16,17)(H2,14,15,18). The lowest BCUT2D eigenvalue weighted by Gasteiger charge is -2.17. The summed E-state index contributed by atoms with van der Waals surface area (Å²) in [7, 11) is 0. The summed E-state index contributed by atoms with van der Waals surface area (Å²) in [5.74, 6) is -0.556. The Hall–Kier alpha value is -1.60. The van der Waals surface area contributed by atoms with Crippen LogP contribution in [0.15, 0.2) is 11.4 Å². The summed E-state index contributed by atoms with van der Waals surface area (Å²) in [5.41, 5.74) is 2.32. The van der Waals surface area contributed by atoms with Crippen molar-refractivity contribution in [3.05, 3.63) is 21.9 Å². The molecule has 7 heteroatoms. The molecule has 1 aromatic rings. The summed E-state index contributed by atoms with van der Waals surface area (Å²) < 4.78 is 0. The van der Waals surface area contributed by atoms with E-state index in [9.17, 15) is 9.59 Å². The minimum Gasteiger partial charge on any atom is -0.335 e. The van der Waals surface area contributed by atoms with Crippen molar-refractivity contribution in [1.82, 2.24) is 16.1 Å². The Balaban J connectivity index is 1.93. The van der Waals surface area contributed by atoms with E-state index in [4.69, 9.17) is 5.21 Å². The lowest BCUT2D eigenvalue weighted by atomic mass is 10.1. The summed E-state index contributed by atoms with van der Waals surface area (Å²) in [6.07, 6.45) is 4.37. The molecule has 1 atom stereocenters. The molecule has 0 saturated heterocycles. The van der Waals surface area contributed by atoms with Crippen molar-refractivity contribution in [2.75, 3.05) is 0 Å². The van der Waals surface area contributed by atoms with Crippen LogP contribution < -0.4 is 16.1 Å². The molecule has 0 spiro atoms. The second-order valence-electron chi connectivity index (χ2n) is 4.97. The molecule has 1 aliphatic rings. The van der Waals surface area contributed by atoms with Crippen LogP contribution in [0.4, 0.5) is 4.79 Å². The Labute approximate surface area is 121 Å². The molecule has 6 nitrogen and oxygen atoms in total. The highest BCUT2D eigenvalue weighted by atomic mass is 32.1. The second-order valence-corrected chi connectivity index (χ2v) is 5.88. The summed E-state index contributed by atoms with van der Waals surface area (Å²) in [4.78, 5) is 23.8. The number of rotatable bonds is 4. The average molecular weight is 297 g/mol. The van der Waals surface area contributed by atoms with Crippen molar-refractivity contribution >= 4 is 23.3 Å². The lowest BCUT2D eigenvalue weighted by molar-refractivity contribution is 0.0709. The second kappa shape index (κ2) is 6.71. The first-order chi connectivity index (χ1) is 9.61. The van der Waals surface area contributed by atoms with Gasteiger partial charge in [-0.1, -0.05) is 12.8 Å². The summed E-state index contributed by atoms with van der Waals surface area (Å²) in [6, 6.07) is 1.52. The van der Waals surface area contributed by atoms with E-state index in [1.807, 2.05) is 6.92 Å². The van der Waals surface area contributed by atoms with Gasteiger partial charge in [0, 0.05) is 6.04 Å². The molecule has 1 saturated carbocycles. The predicted octanol–water partition coefficient (Wildman–Crippen LogP) is 2.17. The van der Waals surface area contributed by atoms with E-state index >= 15 is 0 Å². The molecule has 1 unspecified atom stereocenters. The number of urea groups is 1. The maximum absolute atomic E-state index is 11.9. The molecular formula is C13H19N3O3S. The van der Waals surface area contributed by atoms with Gasteiger partial charge < -0.3 is 10.6 Å². The van der Waals surface area contributed by atoms with E-state index in [-0.39, 0.29) is 18.1 Å². The van der Waals surface area contributed by atoms with Crippen LogP contribution >= 0.6 is 11.3 Å². The minimum absolute atomic E-state index is 0.217. The zero-order valence-corrected chi connectivity index (χ0v) is 12.1. The first kappa shape index (κ1) is 14.8. The average Bonchev–Trinajstić information content (AvgIpc) is 3.07. The molecule has 1 aromatic heterocycles. The molecule has 0 aromatic carbocycles. The smallest absolute Gasteiger partial charge is 0.315 e. The summed E-state index contributed by atoms with van der Waals surface area (Å²) in [6.45, 7) is 1.81. The van der Waals surface area contributed by atoms with E-state index in [1.165, 1.54) is 11.3 Å². The fourth-order valence-corrected chi connectivity index (χ4v) is 3.35. The number of hydrogen-bond donors (Lipinski definition) is 4. The Morgan fingerprint density at radius 1 is 1.40 bits per heavy atom. The van der Waals surface area contributed by atoms with E-state index in [0.29, 0.717) is 10.4 Å². The molecule has 110 valence electrons. The van der Waals surface area contributed by atoms with Gasteiger partial charge in [0.2, 0.25) is 0 Å². The first-order valence-electron chi connectivity index (χ1n) is 6.70. The van der Waals surface area contributed by atoms with Crippen LogP contribution in [0.5, 0.6) is 0 Å². The van der Waals surface area contributed by atoms with Crippen LogP contribution in [0.2, 0.25) is 0 Å². The van der Waals surface area contributed by atoms with Gasteiger partial charge in [0.25, 0.3) is 5.91 Å². The minimum atomic E-state index is -0.556. The van der Waals surface area contributed by atoms with Gasteiger partial charge >= 0.3 is 6.03 Å². The molecule has 0 radical (unpaired) electrons. The third-order valence-corrected chi connectivity index (χ3v) is 4.44. The number of carbonyl (C=O) groups is 2. The number of thiophene rings is 1. The van der Waals surface area contributed by atoms with E-state index < -0.39 is 5.91 Å². The Bertz CT molecular complexity index is 483. The van der Waals surface area contributed by atoms with Crippen molar-refractivity contribution < 1.29 is 14.8 Å². The van der Waals surface area contributed by atoms with Gasteiger partial charge in [-0.15, -0.1) is 11.3 Å².